The van der Waals surface area contributed by atoms with Crippen molar-refractivity contribution in [3.05, 3.63) is 42.1 Å². The Kier molecular flexibility index (Phi) is 4.93. The molecule has 1 aliphatic rings. The molecule has 3 rings (SSSR count). The molecule has 1 aliphatic heterocycles. The molecular formula is C18H22N4O2. The summed E-state index contributed by atoms with van der Waals surface area (Å²) in [5.74, 6) is 0.00584. The first-order valence-corrected chi connectivity index (χ1v) is 8.35. The minimum atomic E-state index is -0.357. The highest BCUT2D eigenvalue weighted by atomic mass is 16.2. The van der Waals surface area contributed by atoms with E-state index in [4.69, 9.17) is 0 Å². The van der Waals surface area contributed by atoms with E-state index >= 15 is 0 Å². The molecule has 1 saturated heterocycles. The zero-order valence-corrected chi connectivity index (χ0v) is 13.8. The lowest BCUT2D eigenvalue weighted by molar-refractivity contribution is -0.137. The Morgan fingerprint density at radius 3 is 2.71 bits per heavy atom. The SMILES string of the molecule is CCC(C(=O)NCc1ccc(-c2ccn[nH]2)cc1)N1CCCC1=O. The summed E-state index contributed by atoms with van der Waals surface area (Å²) in [6, 6.07) is 9.52. The third-order valence-electron chi connectivity index (χ3n) is 4.41. The number of aromatic nitrogens is 2. The van der Waals surface area contributed by atoms with E-state index in [9.17, 15) is 9.59 Å². The van der Waals surface area contributed by atoms with Crippen molar-refractivity contribution in [2.45, 2.75) is 38.8 Å². The minimum Gasteiger partial charge on any atom is -0.350 e. The van der Waals surface area contributed by atoms with Crippen LogP contribution in [-0.4, -0.2) is 39.5 Å². The quantitative estimate of drug-likeness (QED) is 0.853. The summed E-state index contributed by atoms with van der Waals surface area (Å²) in [7, 11) is 0. The van der Waals surface area contributed by atoms with Gasteiger partial charge in [-0.15, -0.1) is 0 Å². The average molecular weight is 326 g/mol. The fourth-order valence-electron chi connectivity index (χ4n) is 3.07. The molecule has 0 saturated carbocycles. The van der Waals surface area contributed by atoms with Crippen LogP contribution < -0.4 is 5.32 Å². The number of aromatic amines is 1. The number of carbonyl (C=O) groups is 2. The Balaban J connectivity index is 1.58. The van der Waals surface area contributed by atoms with Crippen molar-refractivity contribution in [1.29, 1.82) is 0 Å². The molecule has 0 bridgehead atoms. The van der Waals surface area contributed by atoms with Crippen molar-refractivity contribution >= 4 is 11.8 Å². The van der Waals surface area contributed by atoms with Crippen LogP contribution in [-0.2, 0) is 16.1 Å². The summed E-state index contributed by atoms with van der Waals surface area (Å²) < 4.78 is 0. The summed E-state index contributed by atoms with van der Waals surface area (Å²) in [4.78, 5) is 26.0. The minimum absolute atomic E-state index is 0.0783. The highest BCUT2D eigenvalue weighted by molar-refractivity contribution is 5.88. The van der Waals surface area contributed by atoms with Crippen LogP contribution in [0.2, 0.25) is 0 Å². The summed E-state index contributed by atoms with van der Waals surface area (Å²) in [5, 5.41) is 9.81. The molecule has 1 aromatic carbocycles. The highest BCUT2D eigenvalue weighted by Crippen LogP contribution is 2.18. The fourth-order valence-corrected chi connectivity index (χ4v) is 3.07. The maximum Gasteiger partial charge on any atom is 0.243 e. The molecule has 0 radical (unpaired) electrons. The molecule has 2 aromatic rings. The highest BCUT2D eigenvalue weighted by Gasteiger charge is 2.31. The van der Waals surface area contributed by atoms with E-state index < -0.39 is 0 Å². The number of H-pyrrole nitrogens is 1. The molecule has 2 amide bonds. The summed E-state index contributed by atoms with van der Waals surface area (Å²) >= 11 is 0. The maximum atomic E-state index is 12.4. The van der Waals surface area contributed by atoms with Gasteiger partial charge in [-0.1, -0.05) is 31.2 Å². The van der Waals surface area contributed by atoms with Crippen LogP contribution >= 0.6 is 0 Å². The van der Waals surface area contributed by atoms with Gasteiger partial charge in [0.15, 0.2) is 0 Å². The van der Waals surface area contributed by atoms with E-state index in [1.807, 2.05) is 37.3 Å². The van der Waals surface area contributed by atoms with Gasteiger partial charge in [-0.2, -0.15) is 5.10 Å². The monoisotopic (exact) mass is 326 g/mol. The summed E-state index contributed by atoms with van der Waals surface area (Å²) in [5.41, 5.74) is 3.04. The topological polar surface area (TPSA) is 78.1 Å². The third-order valence-corrected chi connectivity index (χ3v) is 4.41. The molecular weight excluding hydrogens is 304 g/mol. The lowest BCUT2D eigenvalue weighted by Gasteiger charge is -2.25. The Hall–Kier alpha value is -2.63. The first-order chi connectivity index (χ1) is 11.7. The van der Waals surface area contributed by atoms with Crippen LogP contribution in [0.25, 0.3) is 11.3 Å². The van der Waals surface area contributed by atoms with Gasteiger partial charge in [0.1, 0.15) is 6.04 Å². The van der Waals surface area contributed by atoms with Crippen molar-refractivity contribution in [1.82, 2.24) is 20.4 Å². The molecule has 0 spiro atoms. The number of rotatable bonds is 6. The summed E-state index contributed by atoms with van der Waals surface area (Å²) in [6.45, 7) is 3.08. The van der Waals surface area contributed by atoms with Gasteiger partial charge >= 0.3 is 0 Å². The second kappa shape index (κ2) is 7.29. The molecule has 1 aromatic heterocycles. The van der Waals surface area contributed by atoms with Gasteiger partial charge in [0, 0.05) is 25.7 Å². The molecule has 1 fully saturated rings. The first-order valence-electron chi connectivity index (χ1n) is 8.35. The van der Waals surface area contributed by atoms with E-state index in [0.717, 1.165) is 23.2 Å². The van der Waals surface area contributed by atoms with Crippen molar-refractivity contribution in [3.8, 4) is 11.3 Å². The van der Waals surface area contributed by atoms with Crippen LogP contribution in [0.4, 0.5) is 0 Å². The van der Waals surface area contributed by atoms with Crippen LogP contribution in [0.15, 0.2) is 36.5 Å². The number of nitrogens with zero attached hydrogens (tertiary/aromatic N) is 2. The molecule has 24 heavy (non-hydrogen) atoms. The van der Waals surface area contributed by atoms with Gasteiger partial charge < -0.3 is 10.2 Å². The van der Waals surface area contributed by atoms with Gasteiger partial charge in [-0.25, -0.2) is 0 Å². The third kappa shape index (κ3) is 3.48. The second-order valence-electron chi connectivity index (χ2n) is 6.00. The number of carbonyl (C=O) groups excluding carboxylic acids is 2. The molecule has 0 aliphatic carbocycles. The molecule has 1 unspecified atom stereocenters. The largest absolute Gasteiger partial charge is 0.350 e. The number of nitrogens with one attached hydrogen (secondary N) is 2. The van der Waals surface area contributed by atoms with Crippen LogP contribution in [0, 0.1) is 0 Å². The Morgan fingerprint density at radius 1 is 1.33 bits per heavy atom. The van der Waals surface area contributed by atoms with Crippen LogP contribution in [0.1, 0.15) is 31.7 Å². The average Bonchev–Trinajstić information content (AvgIpc) is 3.27. The Bertz CT molecular complexity index is 694. The van der Waals surface area contributed by atoms with Crippen molar-refractivity contribution in [2.24, 2.45) is 0 Å². The number of hydrogen-bond donors (Lipinski definition) is 2. The molecule has 6 nitrogen and oxygen atoms in total. The normalized spacial score (nSPS) is 15.5. The van der Waals surface area contributed by atoms with Gasteiger partial charge in [-0.05, 0) is 30.0 Å². The van der Waals surface area contributed by atoms with E-state index in [1.54, 1.807) is 11.1 Å². The van der Waals surface area contributed by atoms with Gasteiger partial charge in [0.2, 0.25) is 11.8 Å². The van der Waals surface area contributed by atoms with Crippen LogP contribution in [0.5, 0.6) is 0 Å². The van der Waals surface area contributed by atoms with E-state index in [0.29, 0.717) is 25.9 Å². The fraction of sp³-hybridized carbons (Fsp3) is 0.389. The smallest absolute Gasteiger partial charge is 0.243 e. The van der Waals surface area contributed by atoms with Gasteiger partial charge in [-0.3, -0.25) is 14.7 Å². The zero-order chi connectivity index (χ0) is 16.9. The van der Waals surface area contributed by atoms with Gasteiger partial charge in [0.25, 0.3) is 0 Å². The van der Waals surface area contributed by atoms with Crippen molar-refractivity contribution in [2.75, 3.05) is 6.54 Å². The lowest BCUT2D eigenvalue weighted by atomic mass is 10.1. The number of hydrogen-bond acceptors (Lipinski definition) is 3. The lowest BCUT2D eigenvalue weighted by Crippen LogP contribution is -2.46. The number of amides is 2. The van der Waals surface area contributed by atoms with E-state index in [2.05, 4.69) is 15.5 Å². The van der Waals surface area contributed by atoms with Crippen LogP contribution in [0.3, 0.4) is 0 Å². The number of benzene rings is 1. The molecule has 126 valence electrons. The van der Waals surface area contributed by atoms with E-state index in [1.165, 1.54) is 0 Å². The molecule has 6 heteroatoms. The van der Waals surface area contributed by atoms with Gasteiger partial charge in [0.05, 0.1) is 5.69 Å². The maximum absolute atomic E-state index is 12.4. The first kappa shape index (κ1) is 16.2. The second-order valence-corrected chi connectivity index (χ2v) is 6.00. The predicted octanol–water partition coefficient (Wildman–Crippen LogP) is 2.09. The number of likely N-dealkylation sites (tertiary alicyclic amines) is 1. The Morgan fingerprint density at radius 2 is 2.12 bits per heavy atom. The predicted molar refractivity (Wildman–Crippen MR) is 90.9 cm³/mol. The standard InChI is InChI=1S/C18H22N4O2/c1-2-16(22-11-3-4-17(22)23)18(24)19-12-13-5-7-14(8-6-13)15-9-10-20-21-15/h5-10,16H,2-4,11-12H2,1H3,(H,19,24)(H,20,21). The molecule has 2 N–H and O–H groups in total. The van der Waals surface area contributed by atoms with Crippen molar-refractivity contribution < 1.29 is 9.59 Å². The molecule has 1 atom stereocenters. The Labute approximate surface area is 141 Å². The summed E-state index contributed by atoms with van der Waals surface area (Å²) in [6.07, 6.45) is 3.75. The zero-order valence-electron chi connectivity index (χ0n) is 13.8. The van der Waals surface area contributed by atoms with E-state index in [-0.39, 0.29) is 17.9 Å². The van der Waals surface area contributed by atoms with Crippen molar-refractivity contribution in [3.63, 3.8) is 0 Å². The molecule has 2 heterocycles.